The monoisotopic (exact) mass is 1120 g/mol. The quantitative estimate of drug-likeness (QED) is 0.174. The lowest BCUT2D eigenvalue weighted by Gasteiger charge is -2.50. The number of nitrogens with zero attached hydrogens (tertiary/aromatic N) is 5. The summed E-state index contributed by atoms with van der Waals surface area (Å²) < 4.78 is 24.1. The molecule has 8 heterocycles. The van der Waals surface area contributed by atoms with Crippen molar-refractivity contribution in [3.8, 4) is 0 Å². The maximum Gasteiger partial charge on any atom is 0.253 e. The Morgan fingerprint density at radius 3 is 1.35 bits per heavy atom. The van der Waals surface area contributed by atoms with E-state index in [2.05, 4.69) is 155 Å². The number of nitrogens with one attached hydrogen (secondary N) is 1. The van der Waals surface area contributed by atoms with E-state index >= 15 is 0 Å². The molecule has 6 aliphatic rings. The number of aromatic nitrogens is 4. The SMILES string of the molecule is CC(=O)c1ccccc1.CN[C@@H]1C[C@H]2O[C@@](C)([C@@H]1C)n1c3ccccc3c3c4c(c5c6ccccc6n2c5c31)C(=O)CC4.C[C@@H]1[C@H](N(C)C(=O)c2ccccc2)C[C@H]2O[C@]1(C)n1c3ccccc3c3c4c(c5c6ccccc6n2c5c31)C(=O)CC4. The van der Waals surface area contributed by atoms with Gasteiger partial charge in [-0.05, 0) is 88.2 Å². The Balaban J connectivity index is 0.000000123. The largest absolute Gasteiger partial charge is 0.338 e. The van der Waals surface area contributed by atoms with E-state index in [1.807, 2.05) is 72.6 Å². The molecule has 2 aliphatic carbocycles. The Kier molecular flexibility index (Phi) is 11.4. The highest BCUT2D eigenvalue weighted by Gasteiger charge is 2.54. The summed E-state index contributed by atoms with van der Waals surface area (Å²) >= 11 is 0. The summed E-state index contributed by atoms with van der Waals surface area (Å²) in [4.78, 5) is 53.4. The minimum atomic E-state index is -0.746. The molecule has 2 saturated heterocycles. The van der Waals surface area contributed by atoms with Crippen molar-refractivity contribution in [3.63, 3.8) is 0 Å². The number of aryl methyl sites for hydroxylation is 2. The van der Waals surface area contributed by atoms with Gasteiger partial charge >= 0.3 is 0 Å². The minimum absolute atomic E-state index is 0.0156. The number of ether oxygens (including phenoxy) is 2. The Hall–Kier alpha value is -8.68. The highest BCUT2D eigenvalue weighted by Crippen LogP contribution is 2.58. The van der Waals surface area contributed by atoms with Gasteiger partial charge in [0.25, 0.3) is 5.91 Å². The predicted molar refractivity (Wildman–Crippen MR) is 337 cm³/mol. The standard InChI is InChI=1S/C36H31N3O3.C29H27N3O2.C8H8O/c1-20-27(37(3)35(41)21-11-5-4-6-12-21)19-29-38-25-15-9-7-13-22(25)32-31-24(17-18-28(31)40)30-23-14-8-10-16-26(23)39(34(30)33(32)38)36(20,2)42-29;1-15-19(30-3)14-23-31-20-10-6-4-8-16(20)26-25-18(12-13-22(25)33)24-17-9-5-7-11-21(17)32(28(24)27(26)31)29(15,2)34-23;1-7(9)8-5-3-2-4-6-8/h4-16,20,27,29H,17-19H2,1-3H3;4-11,15,19,23,30H,12-14H2,1-3H3;2-6H,1H3/t20-,27-,29-,36+;15-,19-,23-,29+;/m11./s1. The summed E-state index contributed by atoms with van der Waals surface area (Å²) in [5, 5.41) is 12.8. The molecule has 8 atom stereocenters. The average Bonchev–Trinajstić information content (AvgIpc) is 1.54. The van der Waals surface area contributed by atoms with Crippen LogP contribution in [0.4, 0.5) is 0 Å². The first kappa shape index (κ1) is 51.9. The van der Waals surface area contributed by atoms with E-state index in [1.165, 1.54) is 43.8 Å². The maximum atomic E-state index is 13.8. The normalized spacial score (nSPS) is 24.3. The molecule has 2 fully saturated rings. The Labute approximate surface area is 491 Å². The van der Waals surface area contributed by atoms with Gasteiger partial charge in [0.1, 0.15) is 23.9 Å². The fraction of sp³-hybridized carbons (Fsp3) is 0.288. The van der Waals surface area contributed by atoms with Crippen LogP contribution in [0.15, 0.2) is 158 Å². The van der Waals surface area contributed by atoms with Crippen molar-refractivity contribution in [2.75, 3.05) is 14.1 Å². The number of hydrogen-bond acceptors (Lipinski definition) is 7. The van der Waals surface area contributed by atoms with Gasteiger partial charge in [-0.3, -0.25) is 19.2 Å². The summed E-state index contributed by atoms with van der Waals surface area (Å²) in [5.41, 5.74) is 13.6. The molecular formula is C73H66N6O6. The summed E-state index contributed by atoms with van der Waals surface area (Å²) in [6.07, 6.45) is 3.80. The van der Waals surface area contributed by atoms with Gasteiger partial charge in [0.2, 0.25) is 0 Å². The lowest BCUT2D eigenvalue weighted by atomic mass is 9.84. The molecule has 0 saturated carbocycles. The zero-order valence-corrected chi connectivity index (χ0v) is 48.9. The third-order valence-electron chi connectivity index (χ3n) is 20.9. The van der Waals surface area contributed by atoms with Gasteiger partial charge in [-0.1, -0.05) is 135 Å². The van der Waals surface area contributed by atoms with Crippen molar-refractivity contribution in [1.82, 2.24) is 28.5 Å². The van der Waals surface area contributed by atoms with Crippen LogP contribution in [0.3, 0.4) is 0 Å². The number of Topliss-reactive ketones (excluding diaryl/α,β-unsaturated/α-hetero) is 3. The number of benzene rings is 8. The first-order chi connectivity index (χ1) is 41.2. The topological polar surface area (TPSA) is 122 Å². The fourth-order valence-corrected chi connectivity index (χ4v) is 16.7. The molecule has 0 unspecified atom stereocenters. The zero-order valence-electron chi connectivity index (χ0n) is 48.9. The van der Waals surface area contributed by atoms with Crippen LogP contribution in [-0.4, -0.2) is 72.6 Å². The minimum Gasteiger partial charge on any atom is -0.338 e. The molecule has 4 aromatic heterocycles. The van der Waals surface area contributed by atoms with E-state index < -0.39 is 11.4 Å². The molecule has 85 heavy (non-hydrogen) atoms. The molecule has 4 aliphatic heterocycles. The van der Waals surface area contributed by atoms with Gasteiger partial charge in [0.05, 0.1) is 44.1 Å². The van der Waals surface area contributed by atoms with Crippen LogP contribution < -0.4 is 5.32 Å². The van der Waals surface area contributed by atoms with Crippen LogP contribution in [0.2, 0.25) is 0 Å². The zero-order chi connectivity index (χ0) is 58.1. The second-order valence-corrected chi connectivity index (χ2v) is 24.9. The number of amides is 1. The average molecular weight is 1120 g/mol. The lowest BCUT2D eigenvalue weighted by molar-refractivity contribution is -0.232. The Morgan fingerprint density at radius 2 is 0.906 bits per heavy atom. The van der Waals surface area contributed by atoms with Crippen LogP contribution in [0, 0.1) is 11.8 Å². The molecule has 424 valence electrons. The van der Waals surface area contributed by atoms with Crippen molar-refractivity contribution in [1.29, 1.82) is 0 Å². The highest BCUT2D eigenvalue weighted by molar-refractivity contribution is 6.33. The van der Waals surface area contributed by atoms with Gasteiger partial charge in [-0.25, -0.2) is 0 Å². The summed E-state index contributed by atoms with van der Waals surface area (Å²) in [6.45, 7) is 10.6. The molecule has 0 spiro atoms. The van der Waals surface area contributed by atoms with E-state index in [-0.39, 0.29) is 53.6 Å². The first-order valence-corrected chi connectivity index (χ1v) is 30.2. The van der Waals surface area contributed by atoms with Crippen molar-refractivity contribution in [3.05, 3.63) is 191 Å². The molecule has 0 radical (unpaired) electrons. The van der Waals surface area contributed by atoms with Crippen LogP contribution in [0.5, 0.6) is 0 Å². The molecule has 12 nitrogen and oxygen atoms in total. The van der Waals surface area contributed by atoms with Crippen molar-refractivity contribution >= 4 is 110 Å². The van der Waals surface area contributed by atoms with Crippen LogP contribution in [0.1, 0.15) is 125 Å². The van der Waals surface area contributed by atoms with Gasteiger partial charge in [-0.15, -0.1) is 0 Å². The van der Waals surface area contributed by atoms with Crippen molar-refractivity contribution in [2.45, 2.75) is 109 Å². The number of fused-ring (bicyclic) bond motifs is 26. The summed E-state index contributed by atoms with van der Waals surface area (Å²) in [5.74, 6) is 0.875. The number of para-hydroxylation sites is 4. The molecule has 12 heteroatoms. The smallest absolute Gasteiger partial charge is 0.253 e. The number of ketones is 3. The predicted octanol–water partition coefficient (Wildman–Crippen LogP) is 15.2. The highest BCUT2D eigenvalue weighted by atomic mass is 16.5. The van der Waals surface area contributed by atoms with Gasteiger partial charge in [0, 0.05) is 122 Å². The third-order valence-corrected chi connectivity index (χ3v) is 20.9. The van der Waals surface area contributed by atoms with E-state index in [0.717, 1.165) is 90.5 Å². The molecule has 1 N–H and O–H groups in total. The van der Waals surface area contributed by atoms with E-state index in [4.69, 9.17) is 9.47 Å². The van der Waals surface area contributed by atoms with E-state index in [0.29, 0.717) is 30.9 Å². The van der Waals surface area contributed by atoms with E-state index in [1.54, 1.807) is 6.92 Å². The number of hydrogen-bond donors (Lipinski definition) is 1. The molecule has 18 rings (SSSR count). The first-order valence-electron chi connectivity index (χ1n) is 30.2. The molecule has 12 aromatic rings. The molecule has 4 bridgehead atoms. The van der Waals surface area contributed by atoms with Crippen LogP contribution in [-0.2, 0) is 33.8 Å². The van der Waals surface area contributed by atoms with Crippen molar-refractivity contribution < 1.29 is 28.7 Å². The van der Waals surface area contributed by atoms with Gasteiger partial charge in [-0.2, -0.15) is 0 Å². The third kappa shape index (κ3) is 6.95. The maximum absolute atomic E-state index is 13.8. The van der Waals surface area contributed by atoms with Gasteiger partial charge < -0.3 is 38.0 Å². The summed E-state index contributed by atoms with van der Waals surface area (Å²) in [6, 6.07) is 53.2. The van der Waals surface area contributed by atoms with Crippen LogP contribution >= 0.6 is 0 Å². The number of carbonyl (C=O) groups is 4. The molecular weight excluding hydrogens is 1060 g/mol. The Bertz CT molecular complexity index is 4890. The number of carbonyl (C=O) groups excluding carboxylic acids is 4. The van der Waals surface area contributed by atoms with Crippen molar-refractivity contribution in [2.24, 2.45) is 11.8 Å². The Morgan fingerprint density at radius 1 is 0.506 bits per heavy atom. The fourth-order valence-electron chi connectivity index (χ4n) is 16.7. The summed E-state index contributed by atoms with van der Waals surface area (Å²) in [7, 11) is 4.00. The lowest BCUT2D eigenvalue weighted by Crippen LogP contribution is -2.56. The second kappa shape index (κ2) is 18.7. The molecule has 1 amide bonds. The molecule has 8 aromatic carbocycles. The second-order valence-electron chi connectivity index (χ2n) is 24.9. The van der Waals surface area contributed by atoms with E-state index in [9.17, 15) is 19.2 Å². The number of rotatable bonds is 4. The van der Waals surface area contributed by atoms with Crippen LogP contribution in [0.25, 0.3) is 87.2 Å². The van der Waals surface area contributed by atoms with Gasteiger partial charge in [0.15, 0.2) is 17.3 Å².